The Morgan fingerprint density at radius 3 is 3.06 bits per heavy atom. The van der Waals surface area contributed by atoms with E-state index in [0.29, 0.717) is 12.0 Å². The van der Waals surface area contributed by atoms with E-state index in [1.807, 2.05) is 18.5 Å². The van der Waals surface area contributed by atoms with Gasteiger partial charge in [0.05, 0.1) is 17.2 Å². The summed E-state index contributed by atoms with van der Waals surface area (Å²) in [5.74, 6) is 0.637. The molecule has 1 saturated heterocycles. The average Bonchev–Trinajstić information content (AvgIpc) is 2.75. The lowest BCUT2D eigenvalue weighted by Gasteiger charge is -2.29. The van der Waals surface area contributed by atoms with Crippen LogP contribution in [0.15, 0.2) is 18.5 Å². The van der Waals surface area contributed by atoms with Gasteiger partial charge in [-0.1, -0.05) is 0 Å². The molecule has 3 rings (SSSR count). The van der Waals surface area contributed by atoms with Crippen LogP contribution in [0.3, 0.4) is 0 Å². The van der Waals surface area contributed by atoms with Gasteiger partial charge >= 0.3 is 0 Å². The molecule has 0 saturated carbocycles. The van der Waals surface area contributed by atoms with Gasteiger partial charge in [0.25, 0.3) is 0 Å². The fourth-order valence-corrected chi connectivity index (χ4v) is 3.17. The molecule has 18 heavy (non-hydrogen) atoms. The standard InChI is InChI=1S/C13H17N3OS/c1-9(10-3-6-17-7-4-10)16-12-2-5-14-8-11(12)15-13(16)18/h2,5,8-10H,3-4,6-7H2,1H3,(H,15,18). The number of aromatic nitrogens is 3. The average molecular weight is 263 g/mol. The van der Waals surface area contributed by atoms with Crippen molar-refractivity contribution >= 4 is 23.3 Å². The lowest BCUT2D eigenvalue weighted by Crippen LogP contribution is -2.24. The molecule has 0 bridgehead atoms. The minimum Gasteiger partial charge on any atom is -0.381 e. The Kier molecular flexibility index (Phi) is 3.18. The van der Waals surface area contributed by atoms with Gasteiger partial charge in [-0.25, -0.2) is 0 Å². The third-order valence-corrected chi connectivity index (χ3v) is 4.17. The van der Waals surface area contributed by atoms with Gasteiger partial charge in [-0.3, -0.25) is 4.98 Å². The van der Waals surface area contributed by atoms with Crippen molar-refractivity contribution in [3.8, 4) is 0 Å². The maximum Gasteiger partial charge on any atom is 0.178 e. The van der Waals surface area contributed by atoms with Gasteiger partial charge in [-0.2, -0.15) is 0 Å². The molecule has 1 N–H and O–H groups in total. The molecule has 0 spiro atoms. The maximum absolute atomic E-state index is 5.45. The highest BCUT2D eigenvalue weighted by atomic mass is 32.1. The first-order valence-electron chi connectivity index (χ1n) is 6.39. The first-order chi connectivity index (χ1) is 8.77. The summed E-state index contributed by atoms with van der Waals surface area (Å²) in [4.78, 5) is 7.36. The summed E-state index contributed by atoms with van der Waals surface area (Å²) in [6.07, 6.45) is 5.87. The van der Waals surface area contributed by atoms with Crippen molar-refractivity contribution in [3.05, 3.63) is 23.2 Å². The SMILES string of the molecule is CC(C1CCOCC1)n1c(=S)[nH]c2cnccc21. The predicted molar refractivity (Wildman–Crippen MR) is 73.2 cm³/mol. The fourth-order valence-electron chi connectivity index (χ4n) is 2.79. The molecular formula is C13H17N3OS. The number of H-pyrrole nitrogens is 1. The Labute approximate surface area is 111 Å². The molecule has 1 atom stereocenters. The van der Waals surface area contributed by atoms with Crippen molar-refractivity contribution in [1.82, 2.24) is 14.5 Å². The number of imidazole rings is 1. The number of rotatable bonds is 2. The van der Waals surface area contributed by atoms with E-state index in [0.717, 1.165) is 41.9 Å². The van der Waals surface area contributed by atoms with Gasteiger partial charge < -0.3 is 14.3 Å². The molecule has 3 heterocycles. The van der Waals surface area contributed by atoms with E-state index in [4.69, 9.17) is 17.0 Å². The molecule has 0 amide bonds. The third kappa shape index (κ3) is 1.97. The first-order valence-corrected chi connectivity index (χ1v) is 6.80. The zero-order chi connectivity index (χ0) is 12.5. The lowest BCUT2D eigenvalue weighted by molar-refractivity contribution is 0.0517. The van der Waals surface area contributed by atoms with Crippen molar-refractivity contribution in [2.45, 2.75) is 25.8 Å². The Balaban J connectivity index is 2.02. The predicted octanol–water partition coefficient (Wildman–Crippen LogP) is 3.08. The Morgan fingerprint density at radius 1 is 1.50 bits per heavy atom. The second-order valence-electron chi connectivity index (χ2n) is 4.88. The van der Waals surface area contributed by atoms with Crippen molar-refractivity contribution < 1.29 is 4.74 Å². The number of nitrogens with zero attached hydrogens (tertiary/aromatic N) is 2. The number of hydrogen-bond donors (Lipinski definition) is 1. The highest BCUT2D eigenvalue weighted by Crippen LogP contribution is 2.30. The van der Waals surface area contributed by atoms with Crippen LogP contribution in [-0.4, -0.2) is 27.7 Å². The second-order valence-corrected chi connectivity index (χ2v) is 5.27. The van der Waals surface area contributed by atoms with Gasteiger partial charge in [-0.05, 0) is 44.0 Å². The van der Waals surface area contributed by atoms with Crippen LogP contribution in [0.1, 0.15) is 25.8 Å². The van der Waals surface area contributed by atoms with Crippen LogP contribution in [0.4, 0.5) is 0 Å². The van der Waals surface area contributed by atoms with E-state index in [9.17, 15) is 0 Å². The quantitative estimate of drug-likeness (QED) is 0.847. The summed E-state index contributed by atoms with van der Waals surface area (Å²) < 4.78 is 8.45. The van der Waals surface area contributed by atoms with E-state index in [2.05, 4.69) is 21.5 Å². The highest BCUT2D eigenvalue weighted by molar-refractivity contribution is 7.71. The zero-order valence-corrected chi connectivity index (χ0v) is 11.2. The Bertz CT molecular complexity index is 598. The minimum atomic E-state index is 0.401. The van der Waals surface area contributed by atoms with E-state index in [-0.39, 0.29) is 0 Å². The van der Waals surface area contributed by atoms with Crippen LogP contribution >= 0.6 is 12.2 Å². The van der Waals surface area contributed by atoms with Crippen molar-refractivity contribution in [3.63, 3.8) is 0 Å². The highest BCUT2D eigenvalue weighted by Gasteiger charge is 2.23. The van der Waals surface area contributed by atoms with Gasteiger partial charge in [0.2, 0.25) is 0 Å². The number of pyridine rings is 1. The van der Waals surface area contributed by atoms with Crippen LogP contribution < -0.4 is 0 Å². The molecule has 5 heteroatoms. The summed E-state index contributed by atoms with van der Waals surface area (Å²) in [5.41, 5.74) is 2.16. The lowest BCUT2D eigenvalue weighted by atomic mass is 9.93. The van der Waals surface area contributed by atoms with Gasteiger partial charge in [0.15, 0.2) is 4.77 Å². The smallest absolute Gasteiger partial charge is 0.178 e. The van der Waals surface area contributed by atoms with Gasteiger partial charge in [0.1, 0.15) is 0 Å². The monoisotopic (exact) mass is 263 g/mol. The molecule has 0 aromatic carbocycles. The Hall–Kier alpha value is -1.20. The number of aromatic amines is 1. The van der Waals surface area contributed by atoms with Crippen LogP contribution in [0, 0.1) is 10.7 Å². The van der Waals surface area contributed by atoms with Crippen LogP contribution in [-0.2, 0) is 4.74 Å². The summed E-state index contributed by atoms with van der Waals surface area (Å²) in [6.45, 7) is 3.98. The van der Waals surface area contributed by atoms with Crippen molar-refractivity contribution in [1.29, 1.82) is 0 Å². The van der Waals surface area contributed by atoms with Crippen molar-refractivity contribution in [2.75, 3.05) is 13.2 Å². The van der Waals surface area contributed by atoms with Gasteiger partial charge in [0, 0.05) is 25.5 Å². The summed E-state index contributed by atoms with van der Waals surface area (Å²) in [5, 5.41) is 0. The molecule has 1 aliphatic rings. The van der Waals surface area contributed by atoms with Crippen molar-refractivity contribution in [2.24, 2.45) is 5.92 Å². The topological polar surface area (TPSA) is 42.8 Å². The molecule has 1 aliphatic heterocycles. The molecular weight excluding hydrogens is 246 g/mol. The normalized spacial score (nSPS) is 19.2. The zero-order valence-electron chi connectivity index (χ0n) is 10.4. The van der Waals surface area contributed by atoms with E-state index < -0.39 is 0 Å². The maximum atomic E-state index is 5.45. The summed E-state index contributed by atoms with van der Waals surface area (Å²) in [6, 6.07) is 2.43. The Morgan fingerprint density at radius 2 is 2.28 bits per heavy atom. The summed E-state index contributed by atoms with van der Waals surface area (Å²) in [7, 11) is 0. The number of hydrogen-bond acceptors (Lipinski definition) is 3. The van der Waals surface area contributed by atoms with Crippen LogP contribution in [0.2, 0.25) is 0 Å². The van der Waals surface area contributed by atoms with E-state index in [1.54, 1.807) is 0 Å². The molecule has 0 aliphatic carbocycles. The number of nitrogens with one attached hydrogen (secondary N) is 1. The van der Waals surface area contributed by atoms with Crippen LogP contribution in [0.25, 0.3) is 11.0 Å². The molecule has 0 radical (unpaired) electrons. The minimum absolute atomic E-state index is 0.401. The molecule has 4 nitrogen and oxygen atoms in total. The number of ether oxygens (including phenoxy) is 1. The summed E-state index contributed by atoms with van der Waals surface area (Å²) >= 11 is 5.45. The van der Waals surface area contributed by atoms with Gasteiger partial charge in [-0.15, -0.1) is 0 Å². The van der Waals surface area contributed by atoms with E-state index >= 15 is 0 Å². The van der Waals surface area contributed by atoms with Crippen LogP contribution in [0.5, 0.6) is 0 Å². The molecule has 1 fully saturated rings. The molecule has 2 aromatic rings. The third-order valence-electron chi connectivity index (χ3n) is 3.87. The molecule has 96 valence electrons. The second kappa shape index (κ2) is 4.82. The fraction of sp³-hybridized carbons (Fsp3) is 0.538. The first kappa shape index (κ1) is 11.9. The molecule has 1 unspecified atom stereocenters. The van der Waals surface area contributed by atoms with E-state index in [1.165, 1.54) is 0 Å². The largest absolute Gasteiger partial charge is 0.381 e. The number of fused-ring (bicyclic) bond motifs is 1. The molecule has 2 aromatic heterocycles.